The van der Waals surface area contributed by atoms with Gasteiger partial charge in [0.1, 0.15) is 18.4 Å². The van der Waals surface area contributed by atoms with Crippen LogP contribution in [0.25, 0.3) is 0 Å². The number of carbonyl (C=O) groups is 3. The van der Waals surface area contributed by atoms with Gasteiger partial charge in [0, 0.05) is 29.2 Å². The number of esters is 1. The molecule has 0 bridgehead atoms. The van der Waals surface area contributed by atoms with E-state index >= 15 is 0 Å². The van der Waals surface area contributed by atoms with Gasteiger partial charge in [-0.15, -0.1) is 0 Å². The summed E-state index contributed by atoms with van der Waals surface area (Å²) < 4.78 is 5.52. The van der Waals surface area contributed by atoms with Crippen molar-refractivity contribution in [1.29, 1.82) is 0 Å². The Kier molecular flexibility index (Phi) is 25.9. The Morgan fingerprint density at radius 1 is 0.829 bits per heavy atom. The van der Waals surface area contributed by atoms with Crippen molar-refractivity contribution >= 4 is 29.8 Å². The van der Waals surface area contributed by atoms with E-state index in [0.717, 1.165) is 25.7 Å². The number of amides is 2. The predicted molar refractivity (Wildman–Crippen MR) is 163 cm³/mol. The largest absolute Gasteiger partial charge is 0.464 e. The topological polar surface area (TPSA) is 161 Å². The summed E-state index contributed by atoms with van der Waals surface area (Å²) in [5.41, 5.74) is 11.7. The summed E-state index contributed by atoms with van der Waals surface area (Å²) in [6, 6.07) is -1.70. The van der Waals surface area contributed by atoms with Crippen LogP contribution in [0.1, 0.15) is 122 Å². The summed E-state index contributed by atoms with van der Waals surface area (Å²) in [6.45, 7) is 3.23. The zero-order valence-electron chi connectivity index (χ0n) is 25.3. The fraction of sp³-hybridized carbons (Fsp3) is 0.833. The van der Waals surface area contributed by atoms with Crippen LogP contribution in [0.15, 0.2) is 9.98 Å². The predicted octanol–water partition coefficient (Wildman–Crippen LogP) is 3.94. The smallest absolute Gasteiger partial charge is 0.328 e. The van der Waals surface area contributed by atoms with E-state index in [-0.39, 0.29) is 30.0 Å². The molecule has 2 amide bonds. The van der Waals surface area contributed by atoms with E-state index in [1.807, 2.05) is 0 Å². The Bertz CT molecular complexity index is 765. The van der Waals surface area contributed by atoms with Crippen molar-refractivity contribution in [2.24, 2.45) is 21.5 Å². The summed E-state index contributed by atoms with van der Waals surface area (Å²) in [5.74, 6) is -1.38. The molecule has 0 spiro atoms. The third-order valence-corrected chi connectivity index (χ3v) is 7.16. The second-order valence-corrected chi connectivity index (χ2v) is 10.8. The molecule has 0 saturated heterocycles. The van der Waals surface area contributed by atoms with Gasteiger partial charge in [-0.25, -0.2) is 9.79 Å². The van der Waals surface area contributed by atoms with Crippen molar-refractivity contribution in [3.8, 4) is 0 Å². The molecule has 0 aromatic heterocycles. The molecule has 0 unspecified atom stereocenters. The summed E-state index contributed by atoms with van der Waals surface area (Å²) in [5, 5.41) is 5.40. The Morgan fingerprint density at radius 2 is 1.41 bits per heavy atom. The number of hydrogen-bond acceptors (Lipinski definition) is 8. The third-order valence-electron chi connectivity index (χ3n) is 7.16. The molecule has 6 N–H and O–H groups in total. The van der Waals surface area contributed by atoms with Crippen LogP contribution in [0.2, 0.25) is 0 Å². The standard InChI is InChI=1S/C30H56N6O4.Cu/c1-2-3-4-5-6-7-8-9-10-11-12-13-14-17-20-40-30(39)26(18-15-16-19-31)36-29(38)27(35-28(37)22-32)21-25-23-33-24-34-25;/h24,26-27H,2-23,31-32H2,1H3,(H,35,37)(H,36,38);/t26-,27-;/m0./s1. The van der Waals surface area contributed by atoms with Gasteiger partial charge in [0.15, 0.2) is 0 Å². The van der Waals surface area contributed by atoms with Gasteiger partial charge in [0.25, 0.3) is 0 Å². The maximum atomic E-state index is 13.0. The number of unbranched alkanes of at least 4 members (excludes halogenated alkanes) is 14. The van der Waals surface area contributed by atoms with Crippen molar-refractivity contribution in [1.82, 2.24) is 10.6 Å². The van der Waals surface area contributed by atoms with E-state index in [1.54, 1.807) is 0 Å². The first-order chi connectivity index (χ1) is 19.5. The molecule has 1 aliphatic heterocycles. The molecule has 10 nitrogen and oxygen atoms in total. The Hall–Kier alpha value is -1.81. The maximum Gasteiger partial charge on any atom is 0.328 e. The second kappa shape index (κ2) is 27.0. The van der Waals surface area contributed by atoms with Crippen LogP contribution in [0.3, 0.4) is 0 Å². The van der Waals surface area contributed by atoms with E-state index in [4.69, 9.17) is 16.2 Å². The zero-order valence-corrected chi connectivity index (χ0v) is 26.2. The molecular weight excluding hydrogens is 572 g/mol. The fourth-order valence-electron chi connectivity index (χ4n) is 4.71. The minimum absolute atomic E-state index is 0. The van der Waals surface area contributed by atoms with Crippen LogP contribution in [0.5, 0.6) is 0 Å². The van der Waals surface area contributed by atoms with Gasteiger partial charge < -0.3 is 26.8 Å². The van der Waals surface area contributed by atoms with Crippen molar-refractivity contribution < 1.29 is 36.2 Å². The van der Waals surface area contributed by atoms with Gasteiger partial charge in [0.05, 0.1) is 19.7 Å². The summed E-state index contributed by atoms with van der Waals surface area (Å²) >= 11 is 0. The maximum absolute atomic E-state index is 13.0. The number of nitrogens with two attached hydrogens (primary N) is 2. The molecule has 11 heteroatoms. The van der Waals surface area contributed by atoms with E-state index in [2.05, 4.69) is 27.5 Å². The first-order valence-electron chi connectivity index (χ1n) is 15.7. The molecule has 2 atom stereocenters. The second-order valence-electron chi connectivity index (χ2n) is 10.8. The van der Waals surface area contributed by atoms with Gasteiger partial charge in [0.2, 0.25) is 11.8 Å². The number of hydrogen-bond donors (Lipinski definition) is 4. The normalized spacial score (nSPS) is 13.7. The van der Waals surface area contributed by atoms with Crippen molar-refractivity contribution in [3.63, 3.8) is 0 Å². The van der Waals surface area contributed by atoms with Crippen LogP contribution < -0.4 is 22.1 Å². The Labute approximate surface area is 258 Å². The van der Waals surface area contributed by atoms with Crippen LogP contribution >= 0.6 is 0 Å². The van der Waals surface area contributed by atoms with E-state index < -0.39 is 29.9 Å². The van der Waals surface area contributed by atoms with Crippen LogP contribution in [-0.2, 0) is 36.2 Å². The number of nitrogens with zero attached hydrogens (tertiary/aromatic N) is 2. The van der Waals surface area contributed by atoms with E-state index in [9.17, 15) is 14.4 Å². The van der Waals surface area contributed by atoms with Crippen LogP contribution in [-0.4, -0.2) is 68.2 Å². The third kappa shape index (κ3) is 20.7. The molecule has 0 aliphatic carbocycles. The molecule has 1 heterocycles. The minimum atomic E-state index is -0.896. The van der Waals surface area contributed by atoms with Gasteiger partial charge in [-0.3, -0.25) is 14.6 Å². The average Bonchev–Trinajstić information content (AvgIpc) is 3.47. The van der Waals surface area contributed by atoms with Crippen LogP contribution in [0.4, 0.5) is 0 Å². The summed E-state index contributed by atoms with van der Waals surface area (Å²) in [4.78, 5) is 45.9. The fourth-order valence-corrected chi connectivity index (χ4v) is 4.71. The molecule has 0 fully saturated rings. The number of ether oxygens (including phenoxy) is 1. The Morgan fingerprint density at radius 3 is 1.93 bits per heavy atom. The first-order valence-corrected chi connectivity index (χ1v) is 15.7. The molecule has 41 heavy (non-hydrogen) atoms. The van der Waals surface area contributed by atoms with Crippen molar-refractivity contribution in [2.75, 3.05) is 26.2 Å². The molecular formula is C30H56CuN6O4. The molecule has 1 aliphatic rings. The number of rotatable bonds is 26. The average molecular weight is 628 g/mol. The minimum Gasteiger partial charge on any atom is -0.464 e. The molecule has 0 aromatic carbocycles. The Balaban J connectivity index is 0.0000160. The number of carbonyl (C=O) groups excluding carboxylic acids is 3. The van der Waals surface area contributed by atoms with Gasteiger partial charge in [-0.2, -0.15) is 0 Å². The van der Waals surface area contributed by atoms with E-state index in [1.165, 1.54) is 77.0 Å². The summed E-state index contributed by atoms with van der Waals surface area (Å²) in [6.07, 6.45) is 21.1. The SMILES string of the molecule is CCCCCCCCCCCCCCCCOC(=O)[C@H](CCCCN)NC(=O)[C@H](CC1=NC=NC1)NC(=O)CN.[Cu]. The van der Waals surface area contributed by atoms with E-state index in [0.29, 0.717) is 38.2 Å². The molecule has 0 aromatic rings. The number of aliphatic imine (C=N–C) groups is 2. The molecule has 1 rings (SSSR count). The first kappa shape index (κ1) is 39.2. The van der Waals surface area contributed by atoms with Gasteiger partial charge in [-0.1, -0.05) is 90.4 Å². The van der Waals surface area contributed by atoms with Crippen molar-refractivity contribution in [2.45, 2.75) is 135 Å². The monoisotopic (exact) mass is 627 g/mol. The quantitative estimate of drug-likeness (QED) is 0.0645. The summed E-state index contributed by atoms with van der Waals surface area (Å²) in [7, 11) is 0. The molecule has 1 radical (unpaired) electrons. The zero-order chi connectivity index (χ0) is 29.3. The molecule has 241 valence electrons. The number of nitrogens with one attached hydrogen (secondary N) is 2. The van der Waals surface area contributed by atoms with Gasteiger partial charge >= 0.3 is 5.97 Å². The van der Waals surface area contributed by atoms with Gasteiger partial charge in [-0.05, 0) is 32.2 Å². The van der Waals surface area contributed by atoms with Crippen molar-refractivity contribution in [3.05, 3.63) is 0 Å². The molecule has 0 saturated carbocycles. The van der Waals surface area contributed by atoms with Crippen LogP contribution in [0, 0.1) is 0 Å².